The van der Waals surface area contributed by atoms with Gasteiger partial charge in [0, 0.05) is 18.5 Å². The molecular weight excluding hydrogens is 558 g/mol. The molecule has 222 valence electrons. The molecule has 0 fully saturated rings. The van der Waals surface area contributed by atoms with Crippen molar-refractivity contribution in [2.75, 3.05) is 11.9 Å². The van der Waals surface area contributed by atoms with Crippen LogP contribution in [0.3, 0.4) is 0 Å². The average Bonchev–Trinajstić information content (AvgIpc) is 2.91. The number of nitrogens with one attached hydrogen (secondary N) is 2. The first-order valence-electron chi connectivity index (χ1n) is 13.3. The second-order valence-electron chi connectivity index (χ2n) is 10.7. The van der Waals surface area contributed by atoms with Gasteiger partial charge in [-0.25, -0.2) is 4.79 Å². The minimum atomic E-state index is -1.34. The quantitative estimate of drug-likeness (QED) is 0.217. The van der Waals surface area contributed by atoms with Gasteiger partial charge in [-0.2, -0.15) is 0 Å². The number of halogens is 1. The minimum Gasteiger partial charge on any atom is -0.508 e. The van der Waals surface area contributed by atoms with E-state index in [9.17, 15) is 24.6 Å². The summed E-state index contributed by atoms with van der Waals surface area (Å²) in [6.45, 7) is 10.5. The highest BCUT2D eigenvalue weighted by Gasteiger charge is 2.37. The van der Waals surface area contributed by atoms with Gasteiger partial charge >= 0.3 is 6.09 Å². The van der Waals surface area contributed by atoms with Crippen LogP contribution in [0.5, 0.6) is 11.5 Å². The van der Waals surface area contributed by atoms with Crippen LogP contribution in [-0.2, 0) is 20.7 Å². The number of amides is 3. The highest BCUT2D eigenvalue weighted by Crippen LogP contribution is 2.33. The van der Waals surface area contributed by atoms with E-state index in [0.29, 0.717) is 21.8 Å². The van der Waals surface area contributed by atoms with Crippen molar-refractivity contribution in [1.82, 2.24) is 10.2 Å². The molecule has 0 aromatic heterocycles. The molecule has 0 heterocycles. The molecule has 0 spiro atoms. The number of aryl methyl sites for hydroxylation is 1. The zero-order valence-electron chi connectivity index (χ0n) is 24.1. The number of phenolic OH excluding ortho intramolecular Hbond substituents is 2. The number of nitrogens with zero attached hydrogens (tertiary/aromatic N) is 1. The summed E-state index contributed by atoms with van der Waals surface area (Å²) < 4.78 is 5.42. The molecule has 3 rings (SSSR count). The predicted octanol–water partition coefficient (Wildman–Crippen LogP) is 5.89. The predicted molar refractivity (Wildman–Crippen MR) is 163 cm³/mol. The Balaban J connectivity index is 2.08. The van der Waals surface area contributed by atoms with Gasteiger partial charge in [0.1, 0.15) is 29.2 Å². The van der Waals surface area contributed by atoms with Crippen LogP contribution in [0, 0.1) is 6.92 Å². The van der Waals surface area contributed by atoms with Crippen LogP contribution in [0.1, 0.15) is 43.5 Å². The molecule has 0 radical (unpaired) electrons. The van der Waals surface area contributed by atoms with E-state index in [1.807, 2.05) is 0 Å². The van der Waals surface area contributed by atoms with Crippen LogP contribution in [0.15, 0.2) is 79.4 Å². The van der Waals surface area contributed by atoms with Crippen LogP contribution in [0.4, 0.5) is 10.5 Å². The molecule has 0 saturated heterocycles. The fourth-order valence-corrected chi connectivity index (χ4v) is 4.60. The van der Waals surface area contributed by atoms with Crippen molar-refractivity contribution in [3.63, 3.8) is 0 Å². The number of benzene rings is 3. The van der Waals surface area contributed by atoms with E-state index in [0.717, 1.165) is 0 Å². The normalized spacial score (nSPS) is 12.5. The average molecular weight is 594 g/mol. The van der Waals surface area contributed by atoms with Crippen molar-refractivity contribution in [2.24, 2.45) is 0 Å². The number of carbonyl (C=O) groups is 3. The van der Waals surface area contributed by atoms with Gasteiger partial charge in [-0.15, -0.1) is 6.58 Å². The lowest BCUT2D eigenvalue weighted by atomic mass is 9.99. The molecule has 42 heavy (non-hydrogen) atoms. The molecule has 9 nitrogen and oxygen atoms in total. The molecule has 2 unspecified atom stereocenters. The summed E-state index contributed by atoms with van der Waals surface area (Å²) in [5.74, 6) is -1.43. The maximum absolute atomic E-state index is 14.3. The van der Waals surface area contributed by atoms with Crippen LogP contribution in [-0.4, -0.2) is 51.2 Å². The summed E-state index contributed by atoms with van der Waals surface area (Å²) in [5, 5.41) is 26.3. The third-order valence-corrected chi connectivity index (χ3v) is 6.55. The number of para-hydroxylation sites is 2. The van der Waals surface area contributed by atoms with Gasteiger partial charge in [-0.1, -0.05) is 60.1 Å². The second kappa shape index (κ2) is 13.9. The maximum Gasteiger partial charge on any atom is 0.408 e. The molecule has 0 aliphatic rings. The first-order valence-corrected chi connectivity index (χ1v) is 13.7. The van der Waals surface area contributed by atoms with Crippen molar-refractivity contribution in [1.29, 1.82) is 0 Å². The first-order chi connectivity index (χ1) is 19.8. The maximum atomic E-state index is 14.3. The molecular formula is C32H36ClN3O6. The monoisotopic (exact) mass is 593 g/mol. The molecule has 0 aliphatic carbocycles. The van der Waals surface area contributed by atoms with Gasteiger partial charge in [-0.05, 0) is 63.1 Å². The summed E-state index contributed by atoms with van der Waals surface area (Å²) in [6, 6.07) is 15.0. The zero-order valence-corrected chi connectivity index (χ0v) is 24.8. The molecule has 2 atom stereocenters. The van der Waals surface area contributed by atoms with E-state index in [4.69, 9.17) is 16.3 Å². The van der Waals surface area contributed by atoms with Gasteiger partial charge < -0.3 is 30.5 Å². The highest BCUT2D eigenvalue weighted by molar-refractivity contribution is 6.34. The van der Waals surface area contributed by atoms with E-state index in [1.54, 1.807) is 76.2 Å². The number of alkyl carbamates (subject to hydrolysis) is 1. The topological polar surface area (TPSA) is 128 Å². The molecule has 3 aromatic rings. The third kappa shape index (κ3) is 8.50. The van der Waals surface area contributed by atoms with Crippen LogP contribution in [0.25, 0.3) is 0 Å². The van der Waals surface area contributed by atoms with E-state index in [2.05, 4.69) is 17.2 Å². The Kier molecular flexibility index (Phi) is 10.6. The van der Waals surface area contributed by atoms with Crippen molar-refractivity contribution in [2.45, 2.75) is 51.8 Å². The summed E-state index contributed by atoms with van der Waals surface area (Å²) in [4.78, 5) is 42.3. The van der Waals surface area contributed by atoms with Gasteiger partial charge in [0.05, 0.1) is 10.7 Å². The fourth-order valence-electron chi connectivity index (χ4n) is 4.33. The van der Waals surface area contributed by atoms with E-state index >= 15 is 0 Å². The number of hydrogen-bond acceptors (Lipinski definition) is 6. The Morgan fingerprint density at radius 2 is 1.69 bits per heavy atom. The number of hydrogen-bond donors (Lipinski definition) is 4. The van der Waals surface area contributed by atoms with Crippen molar-refractivity contribution >= 4 is 35.2 Å². The molecule has 4 N–H and O–H groups in total. The Morgan fingerprint density at radius 1 is 1.02 bits per heavy atom. The van der Waals surface area contributed by atoms with Gasteiger partial charge in [0.25, 0.3) is 5.91 Å². The Bertz CT molecular complexity index is 1410. The molecule has 3 amide bonds. The number of phenols is 2. The number of aromatic hydroxyl groups is 2. The largest absolute Gasteiger partial charge is 0.508 e. The molecule has 0 aliphatic heterocycles. The molecule has 10 heteroatoms. The second-order valence-corrected chi connectivity index (χ2v) is 11.1. The van der Waals surface area contributed by atoms with Crippen molar-refractivity contribution in [3.05, 3.63) is 101 Å². The zero-order chi connectivity index (χ0) is 31.0. The van der Waals surface area contributed by atoms with Crippen LogP contribution < -0.4 is 10.6 Å². The Morgan fingerprint density at radius 3 is 2.29 bits per heavy atom. The van der Waals surface area contributed by atoms with Gasteiger partial charge in [0.15, 0.2) is 0 Å². The van der Waals surface area contributed by atoms with E-state index < -0.39 is 35.6 Å². The van der Waals surface area contributed by atoms with Gasteiger partial charge in [-0.3, -0.25) is 9.59 Å². The summed E-state index contributed by atoms with van der Waals surface area (Å²) in [7, 11) is 0. The van der Waals surface area contributed by atoms with E-state index in [-0.39, 0.29) is 30.0 Å². The molecule has 0 saturated carbocycles. The SMILES string of the molecule is C=CCN(C(=O)C(Cc1ccc(O)cc1)NC(=O)OC(C)(C)C)C(C(=O)Nc1c(C)cccc1Cl)c1ccccc1O. The first kappa shape index (κ1) is 32.0. The Labute approximate surface area is 250 Å². The number of ether oxygens (including phenoxy) is 1. The van der Waals surface area contributed by atoms with Gasteiger partial charge in [0.2, 0.25) is 5.91 Å². The number of rotatable bonds is 10. The lowest BCUT2D eigenvalue weighted by Gasteiger charge is -2.34. The fraction of sp³-hybridized carbons (Fsp3) is 0.281. The number of carbonyl (C=O) groups excluding carboxylic acids is 3. The van der Waals surface area contributed by atoms with Crippen molar-refractivity contribution < 1.29 is 29.3 Å². The molecule has 3 aromatic carbocycles. The van der Waals surface area contributed by atoms with Crippen LogP contribution in [0.2, 0.25) is 5.02 Å². The van der Waals surface area contributed by atoms with Crippen LogP contribution >= 0.6 is 11.6 Å². The summed E-state index contributed by atoms with van der Waals surface area (Å²) >= 11 is 6.38. The van der Waals surface area contributed by atoms with Crippen molar-refractivity contribution in [3.8, 4) is 11.5 Å². The standard InChI is InChI=1S/C32H36ClN3O6/c1-6-18-36(30(40)25(34-31(41)42-32(3,4)5)19-21-14-16-22(37)17-15-21)28(23-11-7-8-13-26(23)38)29(39)35-27-20(2)10-9-12-24(27)33/h6-17,25,28,37-38H,1,18-19H2,2-5H3,(H,34,41)(H,35,39). The summed E-state index contributed by atoms with van der Waals surface area (Å²) in [6.07, 6.45) is 0.641. The summed E-state index contributed by atoms with van der Waals surface area (Å²) in [5.41, 5.74) is 1.03. The van der Waals surface area contributed by atoms with E-state index in [1.165, 1.54) is 29.2 Å². The smallest absolute Gasteiger partial charge is 0.408 e. The Hall–Kier alpha value is -4.50. The highest BCUT2D eigenvalue weighted by atomic mass is 35.5. The minimum absolute atomic E-state index is 0.0186. The third-order valence-electron chi connectivity index (χ3n) is 6.24. The number of anilines is 1. The molecule has 0 bridgehead atoms. The lowest BCUT2D eigenvalue weighted by molar-refractivity contribution is -0.140. The lowest BCUT2D eigenvalue weighted by Crippen LogP contribution is -2.53.